The van der Waals surface area contributed by atoms with Crippen LogP contribution in [0.1, 0.15) is 31.7 Å². The van der Waals surface area contributed by atoms with Crippen molar-refractivity contribution in [1.29, 1.82) is 0 Å². The number of likely N-dealkylation sites (tertiary alicyclic amines) is 1. The molecule has 0 unspecified atom stereocenters. The van der Waals surface area contributed by atoms with Gasteiger partial charge in [-0.05, 0) is 49.5 Å². The van der Waals surface area contributed by atoms with Crippen molar-refractivity contribution < 1.29 is 4.74 Å². The Morgan fingerprint density at radius 3 is 2.61 bits per heavy atom. The Morgan fingerprint density at radius 1 is 1.28 bits per heavy atom. The van der Waals surface area contributed by atoms with Crippen LogP contribution in [0.4, 0.5) is 5.69 Å². The van der Waals surface area contributed by atoms with E-state index in [0.717, 1.165) is 23.9 Å². The molecule has 3 nitrogen and oxygen atoms in total. The fraction of sp³-hybridized carbons (Fsp3) is 0.600. The molecule has 0 amide bonds. The number of hydrogen-bond acceptors (Lipinski definition) is 3. The van der Waals surface area contributed by atoms with Gasteiger partial charge in [0.25, 0.3) is 0 Å². The minimum atomic E-state index is 0.785. The molecule has 0 atom stereocenters. The standard InChI is InChI=1S/C15H24N2O/c1-3-12-4-6-17(7-5-12)11-13-8-14(16)10-15(9-13)18-2/h8-10,12H,3-7,11,16H2,1-2H3. The molecule has 0 bridgehead atoms. The first-order valence-corrected chi connectivity index (χ1v) is 6.87. The monoisotopic (exact) mass is 248 g/mol. The summed E-state index contributed by atoms with van der Waals surface area (Å²) in [5, 5.41) is 0. The van der Waals surface area contributed by atoms with Crippen LogP contribution in [0.25, 0.3) is 0 Å². The highest BCUT2D eigenvalue weighted by Gasteiger charge is 2.17. The third kappa shape index (κ3) is 3.39. The van der Waals surface area contributed by atoms with E-state index in [0.29, 0.717) is 0 Å². The van der Waals surface area contributed by atoms with Crippen LogP contribution in [-0.2, 0) is 6.54 Å². The van der Waals surface area contributed by atoms with Crippen LogP contribution in [0, 0.1) is 5.92 Å². The van der Waals surface area contributed by atoms with Gasteiger partial charge in [0.2, 0.25) is 0 Å². The van der Waals surface area contributed by atoms with Gasteiger partial charge in [0, 0.05) is 18.3 Å². The molecule has 1 aliphatic heterocycles. The van der Waals surface area contributed by atoms with Crippen molar-refractivity contribution in [2.24, 2.45) is 5.92 Å². The van der Waals surface area contributed by atoms with Crippen molar-refractivity contribution in [2.75, 3.05) is 25.9 Å². The lowest BCUT2D eigenvalue weighted by molar-refractivity contribution is 0.175. The topological polar surface area (TPSA) is 38.5 Å². The Kier molecular flexibility index (Phi) is 4.48. The maximum atomic E-state index is 5.89. The molecular weight excluding hydrogens is 224 g/mol. The molecular formula is C15H24N2O. The average molecular weight is 248 g/mol. The van der Waals surface area contributed by atoms with Crippen molar-refractivity contribution in [3.8, 4) is 5.75 Å². The number of ether oxygens (including phenoxy) is 1. The summed E-state index contributed by atoms with van der Waals surface area (Å²) in [6, 6.07) is 6.00. The van der Waals surface area contributed by atoms with Gasteiger partial charge in [0.15, 0.2) is 0 Å². The fourth-order valence-corrected chi connectivity index (χ4v) is 2.71. The third-order valence-corrected chi connectivity index (χ3v) is 3.92. The second kappa shape index (κ2) is 6.10. The maximum absolute atomic E-state index is 5.89. The van der Waals surface area contributed by atoms with E-state index in [-0.39, 0.29) is 0 Å². The number of nitrogen functional groups attached to an aromatic ring is 1. The first kappa shape index (κ1) is 13.2. The highest BCUT2D eigenvalue weighted by Crippen LogP contribution is 2.24. The summed E-state index contributed by atoms with van der Waals surface area (Å²) in [5.41, 5.74) is 7.92. The number of benzene rings is 1. The van der Waals surface area contributed by atoms with Crippen molar-refractivity contribution in [1.82, 2.24) is 4.90 Å². The quantitative estimate of drug-likeness (QED) is 0.833. The molecule has 1 aromatic rings. The van der Waals surface area contributed by atoms with Gasteiger partial charge in [-0.15, -0.1) is 0 Å². The zero-order chi connectivity index (χ0) is 13.0. The Labute approximate surface area is 110 Å². The second-order valence-electron chi connectivity index (χ2n) is 5.24. The number of methoxy groups -OCH3 is 1. The molecule has 0 radical (unpaired) electrons. The summed E-state index contributed by atoms with van der Waals surface area (Å²) in [4.78, 5) is 2.51. The van der Waals surface area contributed by atoms with Gasteiger partial charge in [-0.2, -0.15) is 0 Å². The summed E-state index contributed by atoms with van der Waals surface area (Å²) < 4.78 is 5.26. The third-order valence-electron chi connectivity index (χ3n) is 3.92. The van der Waals surface area contributed by atoms with Gasteiger partial charge in [0.1, 0.15) is 5.75 Å². The Morgan fingerprint density at radius 2 is 2.00 bits per heavy atom. The van der Waals surface area contributed by atoms with Crippen LogP contribution in [0.15, 0.2) is 18.2 Å². The summed E-state index contributed by atoms with van der Waals surface area (Å²) >= 11 is 0. The molecule has 1 aliphatic rings. The van der Waals surface area contributed by atoms with Gasteiger partial charge in [-0.1, -0.05) is 13.3 Å². The molecule has 0 saturated carbocycles. The summed E-state index contributed by atoms with van der Waals surface area (Å²) in [6.07, 6.45) is 3.98. The van der Waals surface area contributed by atoms with E-state index in [1.807, 2.05) is 6.07 Å². The Balaban J connectivity index is 1.95. The van der Waals surface area contributed by atoms with Gasteiger partial charge >= 0.3 is 0 Å². The van der Waals surface area contributed by atoms with Gasteiger partial charge in [-0.3, -0.25) is 4.90 Å². The van der Waals surface area contributed by atoms with Crippen molar-refractivity contribution in [2.45, 2.75) is 32.7 Å². The molecule has 18 heavy (non-hydrogen) atoms. The highest BCUT2D eigenvalue weighted by atomic mass is 16.5. The Bertz CT molecular complexity index is 384. The minimum Gasteiger partial charge on any atom is -0.497 e. The van der Waals surface area contributed by atoms with E-state index in [2.05, 4.69) is 24.0 Å². The van der Waals surface area contributed by atoms with Crippen LogP contribution in [-0.4, -0.2) is 25.1 Å². The van der Waals surface area contributed by atoms with Crippen LogP contribution in [0.2, 0.25) is 0 Å². The molecule has 2 rings (SSSR count). The molecule has 1 fully saturated rings. The van der Waals surface area contributed by atoms with E-state index in [4.69, 9.17) is 10.5 Å². The van der Waals surface area contributed by atoms with Crippen molar-refractivity contribution in [3.05, 3.63) is 23.8 Å². The highest BCUT2D eigenvalue weighted by molar-refractivity contribution is 5.47. The van der Waals surface area contributed by atoms with Gasteiger partial charge in [-0.25, -0.2) is 0 Å². The van der Waals surface area contributed by atoms with Gasteiger partial charge in [0.05, 0.1) is 7.11 Å². The van der Waals surface area contributed by atoms with Crippen LogP contribution < -0.4 is 10.5 Å². The van der Waals surface area contributed by atoms with E-state index in [9.17, 15) is 0 Å². The first-order valence-electron chi connectivity index (χ1n) is 6.87. The SMILES string of the molecule is CCC1CCN(Cc2cc(N)cc(OC)c2)CC1. The van der Waals surface area contributed by atoms with Crippen LogP contribution in [0.5, 0.6) is 5.75 Å². The number of anilines is 1. The summed E-state index contributed by atoms with van der Waals surface area (Å²) in [5.74, 6) is 1.78. The minimum absolute atomic E-state index is 0.785. The number of hydrogen-bond donors (Lipinski definition) is 1. The predicted octanol–water partition coefficient (Wildman–Crippen LogP) is 2.90. The van der Waals surface area contributed by atoms with E-state index >= 15 is 0 Å². The lowest BCUT2D eigenvalue weighted by Crippen LogP contribution is -2.33. The summed E-state index contributed by atoms with van der Waals surface area (Å²) in [6.45, 7) is 5.69. The molecule has 1 heterocycles. The lowest BCUT2D eigenvalue weighted by Gasteiger charge is -2.31. The second-order valence-corrected chi connectivity index (χ2v) is 5.24. The average Bonchev–Trinajstić information content (AvgIpc) is 2.39. The lowest BCUT2D eigenvalue weighted by atomic mass is 9.94. The normalized spacial score (nSPS) is 17.9. The fourth-order valence-electron chi connectivity index (χ4n) is 2.71. The van der Waals surface area contributed by atoms with Gasteiger partial charge < -0.3 is 10.5 Å². The Hall–Kier alpha value is -1.22. The molecule has 0 spiro atoms. The molecule has 0 aliphatic carbocycles. The van der Waals surface area contributed by atoms with E-state index < -0.39 is 0 Å². The number of rotatable bonds is 4. The zero-order valence-electron chi connectivity index (χ0n) is 11.5. The van der Waals surface area contributed by atoms with E-state index in [1.54, 1.807) is 7.11 Å². The summed E-state index contributed by atoms with van der Waals surface area (Å²) in [7, 11) is 1.69. The van der Waals surface area contributed by atoms with Crippen molar-refractivity contribution >= 4 is 5.69 Å². The molecule has 100 valence electrons. The molecule has 2 N–H and O–H groups in total. The van der Waals surface area contributed by atoms with E-state index in [1.165, 1.54) is 37.9 Å². The molecule has 1 saturated heterocycles. The number of piperidine rings is 1. The molecule has 0 aromatic heterocycles. The molecule has 1 aromatic carbocycles. The maximum Gasteiger partial charge on any atom is 0.121 e. The first-order chi connectivity index (χ1) is 8.71. The smallest absolute Gasteiger partial charge is 0.121 e. The number of nitrogens with two attached hydrogens (primary N) is 1. The number of nitrogens with zero attached hydrogens (tertiary/aromatic N) is 1. The molecule has 3 heteroatoms. The largest absolute Gasteiger partial charge is 0.497 e. The van der Waals surface area contributed by atoms with Crippen LogP contribution >= 0.6 is 0 Å². The zero-order valence-corrected chi connectivity index (χ0v) is 11.5. The van der Waals surface area contributed by atoms with Crippen molar-refractivity contribution in [3.63, 3.8) is 0 Å². The van der Waals surface area contributed by atoms with Crippen LogP contribution in [0.3, 0.4) is 0 Å². The predicted molar refractivity (Wildman–Crippen MR) is 75.7 cm³/mol.